The summed E-state index contributed by atoms with van der Waals surface area (Å²) in [7, 11) is 0. The average molecular weight is 512 g/mol. The fraction of sp³-hybridized carbons (Fsp3) is 0.533. The van der Waals surface area contributed by atoms with E-state index < -0.39 is 12.1 Å². The highest BCUT2D eigenvalue weighted by atomic mass is 16.6. The zero-order valence-corrected chi connectivity index (χ0v) is 22.2. The highest BCUT2D eigenvalue weighted by Crippen LogP contribution is 2.27. The summed E-state index contributed by atoms with van der Waals surface area (Å²) in [5.41, 5.74) is 1.97. The lowest BCUT2D eigenvalue weighted by Crippen LogP contribution is -2.37. The van der Waals surface area contributed by atoms with E-state index in [1.165, 1.54) is 32.1 Å². The molecule has 1 aliphatic carbocycles. The first-order valence-corrected chi connectivity index (χ1v) is 13.5. The fourth-order valence-electron chi connectivity index (χ4n) is 4.74. The Morgan fingerprint density at radius 1 is 0.973 bits per heavy atom. The normalized spacial score (nSPS) is 14.6. The summed E-state index contributed by atoms with van der Waals surface area (Å²) in [4.78, 5) is 26.0. The number of carbonyl (C=O) groups is 2. The van der Waals surface area contributed by atoms with Gasteiger partial charge in [0.2, 0.25) is 0 Å². The van der Waals surface area contributed by atoms with E-state index >= 15 is 0 Å². The minimum Gasteiger partial charge on any atom is -0.492 e. The molecular formula is C30H41NO6. The molecule has 1 atom stereocenters. The van der Waals surface area contributed by atoms with Crippen LogP contribution in [-0.2, 0) is 16.0 Å². The molecule has 0 aromatic heterocycles. The van der Waals surface area contributed by atoms with Crippen LogP contribution in [0.2, 0.25) is 0 Å². The molecule has 37 heavy (non-hydrogen) atoms. The Labute approximate surface area is 220 Å². The lowest BCUT2D eigenvalue weighted by molar-refractivity contribution is -0.149. The molecule has 7 nitrogen and oxygen atoms in total. The van der Waals surface area contributed by atoms with Crippen molar-refractivity contribution in [2.24, 2.45) is 5.92 Å². The van der Waals surface area contributed by atoms with Crippen LogP contribution in [0.3, 0.4) is 0 Å². The molecule has 1 fully saturated rings. The van der Waals surface area contributed by atoms with Crippen LogP contribution < -0.4 is 9.47 Å². The maximum atomic E-state index is 13.0. The molecule has 1 amide bonds. The molecule has 7 heteroatoms. The van der Waals surface area contributed by atoms with E-state index in [0.717, 1.165) is 29.9 Å². The van der Waals surface area contributed by atoms with Gasteiger partial charge in [-0.25, -0.2) is 9.59 Å². The summed E-state index contributed by atoms with van der Waals surface area (Å²) in [6.45, 7) is 5.52. The fourth-order valence-corrected chi connectivity index (χ4v) is 4.74. The van der Waals surface area contributed by atoms with Gasteiger partial charge in [-0.1, -0.05) is 61.9 Å². The van der Waals surface area contributed by atoms with Gasteiger partial charge in [0.15, 0.2) is 6.10 Å². The van der Waals surface area contributed by atoms with Crippen molar-refractivity contribution in [1.82, 2.24) is 4.90 Å². The van der Waals surface area contributed by atoms with Crippen molar-refractivity contribution < 1.29 is 28.9 Å². The van der Waals surface area contributed by atoms with Crippen molar-refractivity contribution in [3.63, 3.8) is 0 Å². The van der Waals surface area contributed by atoms with Crippen LogP contribution >= 0.6 is 0 Å². The predicted octanol–water partition coefficient (Wildman–Crippen LogP) is 6.27. The summed E-state index contributed by atoms with van der Waals surface area (Å²) in [5, 5.41) is 9.28. The van der Waals surface area contributed by atoms with Crippen LogP contribution in [0.15, 0.2) is 48.5 Å². The van der Waals surface area contributed by atoms with Gasteiger partial charge in [-0.3, -0.25) is 0 Å². The molecule has 0 heterocycles. The van der Waals surface area contributed by atoms with Gasteiger partial charge in [-0.2, -0.15) is 0 Å². The smallest absolute Gasteiger partial charge is 0.415 e. The summed E-state index contributed by atoms with van der Waals surface area (Å²) in [6.07, 6.45) is 7.73. The first kappa shape index (κ1) is 28.5. The zero-order chi connectivity index (χ0) is 26.5. The third kappa shape index (κ3) is 10.1. The van der Waals surface area contributed by atoms with Crippen LogP contribution in [0, 0.1) is 12.8 Å². The quantitative estimate of drug-likeness (QED) is 0.322. The highest BCUT2D eigenvalue weighted by Gasteiger charge is 2.19. The molecule has 1 aliphatic rings. The topological polar surface area (TPSA) is 85.3 Å². The molecule has 1 saturated carbocycles. The van der Waals surface area contributed by atoms with E-state index in [0.29, 0.717) is 44.2 Å². The molecule has 1 unspecified atom stereocenters. The van der Waals surface area contributed by atoms with Gasteiger partial charge in [-0.15, -0.1) is 0 Å². The van der Waals surface area contributed by atoms with Crippen LogP contribution in [0.1, 0.15) is 63.0 Å². The average Bonchev–Trinajstić information content (AvgIpc) is 2.90. The second-order valence-electron chi connectivity index (χ2n) is 9.79. The van der Waals surface area contributed by atoms with Gasteiger partial charge in [0, 0.05) is 19.6 Å². The van der Waals surface area contributed by atoms with Gasteiger partial charge in [0.1, 0.15) is 18.1 Å². The Morgan fingerprint density at radius 3 is 2.30 bits per heavy atom. The second kappa shape index (κ2) is 15.3. The maximum absolute atomic E-state index is 13.0. The number of carbonyl (C=O) groups excluding carboxylic acids is 1. The minimum absolute atomic E-state index is 0.295. The van der Waals surface area contributed by atoms with Gasteiger partial charge in [0.05, 0.1) is 6.54 Å². The Kier molecular flexibility index (Phi) is 11.8. The standard InChI is InChI=1S/C30H41NO6/c1-3-35-28(29(32)33)22-25-13-17-26(18-14-25)36-21-20-31(19-7-10-24-8-5-4-6-9-24)30(34)37-27-15-11-23(2)12-16-27/h11-18,24,28H,3-10,19-22H2,1-2H3,(H,32,33). The summed E-state index contributed by atoms with van der Waals surface area (Å²) < 4.78 is 16.8. The lowest BCUT2D eigenvalue weighted by Gasteiger charge is -2.25. The molecule has 3 rings (SSSR count). The number of hydrogen-bond acceptors (Lipinski definition) is 5. The predicted molar refractivity (Wildman–Crippen MR) is 143 cm³/mol. The molecule has 0 radical (unpaired) electrons. The van der Waals surface area contributed by atoms with E-state index in [2.05, 4.69) is 0 Å². The van der Waals surface area contributed by atoms with Crippen LogP contribution in [0.25, 0.3) is 0 Å². The van der Waals surface area contributed by atoms with Gasteiger partial charge >= 0.3 is 12.1 Å². The number of carboxylic acids is 1. The van der Waals surface area contributed by atoms with Crippen molar-refractivity contribution in [2.75, 3.05) is 26.3 Å². The van der Waals surface area contributed by atoms with Crippen LogP contribution in [0.5, 0.6) is 11.5 Å². The number of amides is 1. The number of aryl methyl sites for hydroxylation is 1. The molecule has 0 bridgehead atoms. The van der Waals surface area contributed by atoms with E-state index in [1.54, 1.807) is 11.8 Å². The van der Waals surface area contributed by atoms with Crippen molar-refractivity contribution in [1.29, 1.82) is 0 Å². The minimum atomic E-state index is -0.969. The van der Waals surface area contributed by atoms with Gasteiger partial charge in [0.25, 0.3) is 0 Å². The zero-order valence-electron chi connectivity index (χ0n) is 22.2. The Hall–Kier alpha value is -3.06. The molecule has 0 aliphatic heterocycles. The molecule has 1 N–H and O–H groups in total. The van der Waals surface area contributed by atoms with Crippen molar-refractivity contribution in [2.45, 2.75) is 71.3 Å². The number of nitrogens with zero attached hydrogens (tertiary/aromatic N) is 1. The Balaban J connectivity index is 1.52. The summed E-state index contributed by atoms with van der Waals surface area (Å²) in [6, 6.07) is 14.8. The molecule has 202 valence electrons. The molecule has 0 saturated heterocycles. The molecular weight excluding hydrogens is 470 g/mol. The van der Waals surface area contributed by atoms with Crippen molar-refractivity contribution in [3.8, 4) is 11.5 Å². The second-order valence-corrected chi connectivity index (χ2v) is 9.79. The third-order valence-corrected chi connectivity index (χ3v) is 6.87. The van der Waals surface area contributed by atoms with Crippen molar-refractivity contribution >= 4 is 12.1 Å². The van der Waals surface area contributed by atoms with Gasteiger partial charge < -0.3 is 24.2 Å². The Morgan fingerprint density at radius 2 is 1.65 bits per heavy atom. The molecule has 2 aromatic rings. The first-order chi connectivity index (χ1) is 17.9. The number of rotatable bonds is 14. The lowest BCUT2D eigenvalue weighted by atomic mass is 9.86. The molecule has 0 spiro atoms. The van der Waals surface area contributed by atoms with Crippen LogP contribution in [0.4, 0.5) is 4.79 Å². The largest absolute Gasteiger partial charge is 0.492 e. The van der Waals surface area contributed by atoms with E-state index in [-0.39, 0.29) is 6.09 Å². The summed E-state index contributed by atoms with van der Waals surface area (Å²) >= 11 is 0. The first-order valence-electron chi connectivity index (χ1n) is 13.5. The van der Waals surface area contributed by atoms with Crippen molar-refractivity contribution in [3.05, 3.63) is 59.7 Å². The van der Waals surface area contributed by atoms with E-state index in [1.807, 2.05) is 55.5 Å². The summed E-state index contributed by atoms with van der Waals surface area (Å²) in [5.74, 6) is 1.00. The number of benzene rings is 2. The maximum Gasteiger partial charge on any atom is 0.415 e. The highest BCUT2D eigenvalue weighted by molar-refractivity contribution is 5.72. The number of hydrogen-bond donors (Lipinski definition) is 1. The van der Waals surface area contributed by atoms with E-state index in [9.17, 15) is 14.7 Å². The SMILES string of the molecule is CCOC(Cc1ccc(OCCN(CCCC2CCCCC2)C(=O)Oc2ccc(C)cc2)cc1)C(=O)O. The Bertz CT molecular complexity index is 953. The number of aliphatic carboxylic acids is 1. The number of ether oxygens (including phenoxy) is 3. The van der Waals surface area contributed by atoms with E-state index in [4.69, 9.17) is 14.2 Å². The van der Waals surface area contributed by atoms with Crippen LogP contribution in [-0.4, -0.2) is 54.5 Å². The monoisotopic (exact) mass is 511 g/mol. The third-order valence-electron chi connectivity index (χ3n) is 6.87. The number of carboxylic acid groups (broad SMARTS) is 1. The molecule has 2 aromatic carbocycles. The van der Waals surface area contributed by atoms with Gasteiger partial charge in [-0.05, 0) is 62.4 Å².